The highest BCUT2D eigenvalue weighted by atomic mass is 32.1. The molecule has 0 bridgehead atoms. The summed E-state index contributed by atoms with van der Waals surface area (Å²) in [6, 6.07) is 7.13. The van der Waals surface area contributed by atoms with Gasteiger partial charge >= 0.3 is 5.97 Å². The molecule has 0 unspecified atom stereocenters. The third-order valence-corrected chi connectivity index (χ3v) is 4.24. The molecule has 1 aromatic carbocycles. The lowest BCUT2D eigenvalue weighted by atomic mass is 10.1. The van der Waals surface area contributed by atoms with Gasteiger partial charge in [0.05, 0.1) is 5.69 Å². The molecular weight excluding hydrogens is 328 g/mol. The molecule has 0 aliphatic carbocycles. The largest absolute Gasteiger partial charge is 0.481 e. The average Bonchev–Trinajstić information content (AvgIpc) is 3.01. The summed E-state index contributed by atoms with van der Waals surface area (Å²) in [6.07, 6.45) is 1.66. The zero-order valence-corrected chi connectivity index (χ0v) is 14.1. The minimum atomic E-state index is -0.508. The summed E-state index contributed by atoms with van der Waals surface area (Å²) >= 11 is 1.35. The van der Waals surface area contributed by atoms with E-state index >= 15 is 0 Å². The van der Waals surface area contributed by atoms with Crippen molar-refractivity contribution in [1.82, 2.24) is 9.38 Å². The maximum absolute atomic E-state index is 11.9. The molecule has 0 fully saturated rings. The van der Waals surface area contributed by atoms with Gasteiger partial charge in [0.15, 0.2) is 11.6 Å². The van der Waals surface area contributed by atoms with E-state index in [0.717, 1.165) is 11.1 Å². The van der Waals surface area contributed by atoms with Gasteiger partial charge in [-0.25, -0.2) is 9.78 Å². The van der Waals surface area contributed by atoms with E-state index in [0.29, 0.717) is 16.4 Å². The Hall–Kier alpha value is -2.67. The van der Waals surface area contributed by atoms with E-state index in [1.807, 2.05) is 32.0 Å². The molecule has 2 heterocycles. The molecule has 0 aliphatic rings. The number of carbonyl (C=O) groups excluding carboxylic acids is 1. The highest BCUT2D eigenvalue weighted by Crippen LogP contribution is 2.22. The van der Waals surface area contributed by atoms with E-state index < -0.39 is 5.97 Å². The number of hydrogen-bond donors (Lipinski definition) is 0. The maximum atomic E-state index is 11.9. The Morgan fingerprint density at radius 2 is 2.04 bits per heavy atom. The van der Waals surface area contributed by atoms with Crippen molar-refractivity contribution in [2.45, 2.75) is 20.5 Å². The van der Waals surface area contributed by atoms with E-state index in [1.54, 1.807) is 11.6 Å². The number of ether oxygens (including phenoxy) is 2. The van der Waals surface area contributed by atoms with Gasteiger partial charge in [-0.2, -0.15) is 0 Å². The number of esters is 1. The number of aromatic nitrogens is 2. The third kappa shape index (κ3) is 3.46. The number of rotatable bonds is 5. The molecule has 124 valence electrons. The Kier molecular flexibility index (Phi) is 4.61. The molecule has 3 aromatic rings. The normalized spacial score (nSPS) is 10.8. The van der Waals surface area contributed by atoms with E-state index in [2.05, 4.69) is 4.98 Å². The summed E-state index contributed by atoms with van der Waals surface area (Å²) in [5.74, 6) is 0.177. The van der Waals surface area contributed by atoms with Crippen LogP contribution >= 0.6 is 11.3 Å². The van der Waals surface area contributed by atoms with Crippen molar-refractivity contribution in [1.29, 1.82) is 0 Å². The lowest BCUT2D eigenvalue weighted by Gasteiger charge is -2.11. The average molecular weight is 344 g/mol. The molecule has 2 aromatic heterocycles. The van der Waals surface area contributed by atoms with E-state index in [1.165, 1.54) is 21.8 Å². The van der Waals surface area contributed by atoms with Crippen molar-refractivity contribution in [3.8, 4) is 5.75 Å². The number of benzene rings is 1. The van der Waals surface area contributed by atoms with Gasteiger partial charge in [0.25, 0.3) is 5.56 Å². The highest BCUT2D eigenvalue weighted by molar-refractivity contribution is 7.15. The van der Waals surface area contributed by atoms with Gasteiger partial charge in [-0.05, 0) is 25.0 Å². The Balaban J connectivity index is 1.60. The summed E-state index contributed by atoms with van der Waals surface area (Å²) in [6.45, 7) is 3.59. The SMILES string of the molecule is Cc1cccc(C)c1OCC(=O)OCc1cc(=O)n2ccsc2n1. The van der Waals surface area contributed by atoms with Crippen LogP contribution in [-0.2, 0) is 16.1 Å². The van der Waals surface area contributed by atoms with Crippen LogP contribution in [0.1, 0.15) is 16.8 Å². The number of aryl methyl sites for hydroxylation is 2. The molecule has 6 nitrogen and oxygen atoms in total. The molecule has 0 aliphatic heterocycles. The van der Waals surface area contributed by atoms with Gasteiger partial charge in [-0.3, -0.25) is 9.20 Å². The number of nitrogens with zero attached hydrogens (tertiary/aromatic N) is 2. The zero-order valence-electron chi connectivity index (χ0n) is 13.3. The Morgan fingerprint density at radius 3 is 2.79 bits per heavy atom. The van der Waals surface area contributed by atoms with Crippen LogP contribution in [0.3, 0.4) is 0 Å². The molecule has 3 rings (SSSR count). The summed E-state index contributed by atoms with van der Waals surface area (Å²) < 4.78 is 12.1. The van der Waals surface area contributed by atoms with Crippen LogP contribution in [0.15, 0.2) is 40.6 Å². The number of hydrogen-bond acceptors (Lipinski definition) is 6. The van der Waals surface area contributed by atoms with Crippen LogP contribution in [0, 0.1) is 13.8 Å². The van der Waals surface area contributed by atoms with Crippen LogP contribution in [-0.4, -0.2) is 22.0 Å². The first-order chi connectivity index (χ1) is 11.5. The van der Waals surface area contributed by atoms with Crippen LogP contribution < -0.4 is 10.3 Å². The smallest absolute Gasteiger partial charge is 0.344 e. The fourth-order valence-electron chi connectivity index (χ4n) is 2.32. The van der Waals surface area contributed by atoms with Crippen molar-refractivity contribution in [3.05, 3.63) is 63.0 Å². The van der Waals surface area contributed by atoms with Gasteiger partial charge in [-0.1, -0.05) is 18.2 Å². The minimum Gasteiger partial charge on any atom is -0.481 e. The van der Waals surface area contributed by atoms with Gasteiger partial charge in [-0.15, -0.1) is 11.3 Å². The molecular formula is C17H16N2O4S. The lowest BCUT2D eigenvalue weighted by molar-refractivity contribution is -0.147. The summed E-state index contributed by atoms with van der Waals surface area (Å²) in [7, 11) is 0. The molecule has 0 atom stereocenters. The predicted molar refractivity (Wildman–Crippen MR) is 90.5 cm³/mol. The van der Waals surface area contributed by atoms with E-state index in [9.17, 15) is 9.59 Å². The van der Waals surface area contributed by atoms with Gasteiger partial charge in [0.2, 0.25) is 0 Å². The number of para-hydroxylation sites is 1. The third-order valence-electron chi connectivity index (χ3n) is 3.48. The van der Waals surface area contributed by atoms with Crippen molar-refractivity contribution in [2.24, 2.45) is 0 Å². The number of fused-ring (bicyclic) bond motifs is 1. The quantitative estimate of drug-likeness (QED) is 0.665. The van der Waals surface area contributed by atoms with Crippen molar-refractivity contribution < 1.29 is 14.3 Å². The van der Waals surface area contributed by atoms with E-state index in [-0.39, 0.29) is 18.8 Å². The zero-order chi connectivity index (χ0) is 17.1. The molecule has 0 saturated carbocycles. The van der Waals surface area contributed by atoms with Gasteiger partial charge in [0, 0.05) is 17.6 Å². The first-order valence-electron chi connectivity index (χ1n) is 7.35. The predicted octanol–water partition coefficient (Wildman–Crippen LogP) is 2.50. The van der Waals surface area contributed by atoms with Crippen LogP contribution in [0.25, 0.3) is 4.96 Å². The standard InChI is InChI=1S/C17H16N2O4S/c1-11-4-3-5-12(2)16(11)23-10-15(21)22-9-13-8-14(20)19-6-7-24-17(19)18-13/h3-8H,9-10H2,1-2H3. The Bertz CT molecular complexity index is 925. The van der Waals surface area contributed by atoms with Crippen molar-refractivity contribution in [2.75, 3.05) is 6.61 Å². The summed E-state index contributed by atoms with van der Waals surface area (Å²) in [4.78, 5) is 28.6. The molecule has 0 spiro atoms. The molecule has 7 heteroatoms. The fraction of sp³-hybridized carbons (Fsp3) is 0.235. The first kappa shape index (κ1) is 16.2. The lowest BCUT2D eigenvalue weighted by Crippen LogP contribution is -2.18. The molecule has 0 amide bonds. The fourth-order valence-corrected chi connectivity index (χ4v) is 3.05. The summed E-state index contributed by atoms with van der Waals surface area (Å²) in [5, 5.41) is 1.78. The molecule has 0 saturated heterocycles. The monoisotopic (exact) mass is 344 g/mol. The molecule has 24 heavy (non-hydrogen) atoms. The summed E-state index contributed by atoms with van der Waals surface area (Å²) in [5.41, 5.74) is 2.14. The van der Waals surface area contributed by atoms with Crippen LogP contribution in [0.4, 0.5) is 0 Å². The van der Waals surface area contributed by atoms with Crippen LogP contribution in [0.5, 0.6) is 5.75 Å². The highest BCUT2D eigenvalue weighted by Gasteiger charge is 2.10. The maximum Gasteiger partial charge on any atom is 0.344 e. The topological polar surface area (TPSA) is 69.9 Å². The van der Waals surface area contributed by atoms with Crippen molar-refractivity contribution >= 4 is 22.3 Å². The second-order valence-corrected chi connectivity index (χ2v) is 6.18. The van der Waals surface area contributed by atoms with Crippen LogP contribution in [0.2, 0.25) is 0 Å². The van der Waals surface area contributed by atoms with Crippen molar-refractivity contribution in [3.63, 3.8) is 0 Å². The molecule has 0 radical (unpaired) electrons. The first-order valence-corrected chi connectivity index (χ1v) is 8.23. The second kappa shape index (κ2) is 6.84. The van der Waals surface area contributed by atoms with Gasteiger partial charge < -0.3 is 9.47 Å². The number of carbonyl (C=O) groups is 1. The van der Waals surface area contributed by atoms with E-state index in [4.69, 9.17) is 9.47 Å². The second-order valence-electron chi connectivity index (χ2n) is 5.31. The number of thiazole rings is 1. The Morgan fingerprint density at radius 1 is 1.29 bits per heavy atom. The molecule has 0 N–H and O–H groups in total. The Labute approximate surface area is 142 Å². The minimum absolute atomic E-state index is 0.0570. The van der Waals surface area contributed by atoms with Gasteiger partial charge in [0.1, 0.15) is 12.4 Å².